The van der Waals surface area contributed by atoms with Crippen LogP contribution in [-0.2, 0) is 14.8 Å². The predicted octanol–water partition coefficient (Wildman–Crippen LogP) is 2.00. The first-order chi connectivity index (χ1) is 12.3. The van der Waals surface area contributed by atoms with E-state index in [2.05, 4.69) is 5.32 Å². The summed E-state index contributed by atoms with van der Waals surface area (Å²) in [5, 5.41) is 2.58. The molecule has 0 spiro atoms. The summed E-state index contributed by atoms with van der Waals surface area (Å²) in [6.45, 7) is 0.290. The smallest absolute Gasteiger partial charge is 0.245 e. The van der Waals surface area contributed by atoms with Crippen molar-refractivity contribution in [2.45, 2.75) is 0 Å². The third-order valence-corrected chi connectivity index (χ3v) is 4.76. The van der Waals surface area contributed by atoms with Crippen LogP contribution in [0.3, 0.4) is 0 Å². The predicted molar refractivity (Wildman–Crippen MR) is 94.7 cm³/mol. The first kappa shape index (κ1) is 18.0. The van der Waals surface area contributed by atoms with Crippen LogP contribution in [-0.4, -0.2) is 40.3 Å². The summed E-state index contributed by atoms with van der Waals surface area (Å²) >= 11 is 0. The van der Waals surface area contributed by atoms with Gasteiger partial charge in [-0.3, -0.25) is 9.10 Å². The Kier molecular flexibility index (Phi) is 4.99. The number of halogens is 1. The van der Waals surface area contributed by atoms with Gasteiger partial charge in [-0.05, 0) is 24.3 Å². The molecule has 7 nitrogen and oxygen atoms in total. The normalized spacial score (nSPS) is 13.2. The molecule has 138 valence electrons. The Labute approximate surface area is 150 Å². The van der Waals surface area contributed by atoms with E-state index in [1.807, 2.05) is 0 Å². The summed E-state index contributed by atoms with van der Waals surface area (Å²) in [6.07, 6.45) is 0.913. The van der Waals surface area contributed by atoms with Gasteiger partial charge in [0.25, 0.3) is 0 Å². The third-order valence-electron chi connectivity index (χ3n) is 3.63. The quantitative estimate of drug-likeness (QED) is 0.858. The molecule has 1 aliphatic heterocycles. The number of sulfonamides is 1. The highest BCUT2D eigenvalue weighted by Crippen LogP contribution is 2.32. The average molecular weight is 380 g/mol. The van der Waals surface area contributed by atoms with Gasteiger partial charge >= 0.3 is 0 Å². The number of ether oxygens (including phenoxy) is 2. The van der Waals surface area contributed by atoms with Gasteiger partial charge in [0.15, 0.2) is 11.5 Å². The van der Waals surface area contributed by atoms with Crippen LogP contribution in [0.15, 0.2) is 42.5 Å². The SMILES string of the molecule is CS(=O)(=O)N(CC(=O)Nc1ccc2c(c1)OCCO2)c1ccccc1F. The summed E-state index contributed by atoms with van der Waals surface area (Å²) in [5.41, 5.74) is 0.230. The van der Waals surface area contributed by atoms with E-state index in [0.29, 0.717) is 30.4 Å². The molecule has 2 aromatic carbocycles. The number of para-hydroxylation sites is 1. The molecule has 0 saturated heterocycles. The molecule has 0 unspecified atom stereocenters. The molecule has 1 amide bonds. The molecule has 26 heavy (non-hydrogen) atoms. The highest BCUT2D eigenvalue weighted by Gasteiger charge is 2.23. The first-order valence-electron chi connectivity index (χ1n) is 7.76. The van der Waals surface area contributed by atoms with Crippen LogP contribution in [0.5, 0.6) is 11.5 Å². The van der Waals surface area contributed by atoms with Crippen LogP contribution in [0, 0.1) is 5.82 Å². The van der Waals surface area contributed by atoms with Crippen molar-refractivity contribution in [1.29, 1.82) is 0 Å². The highest BCUT2D eigenvalue weighted by atomic mass is 32.2. The van der Waals surface area contributed by atoms with E-state index >= 15 is 0 Å². The van der Waals surface area contributed by atoms with Gasteiger partial charge in [-0.25, -0.2) is 12.8 Å². The highest BCUT2D eigenvalue weighted by molar-refractivity contribution is 7.92. The summed E-state index contributed by atoms with van der Waals surface area (Å²) < 4.78 is 49.5. The molecule has 9 heteroatoms. The first-order valence-corrected chi connectivity index (χ1v) is 9.61. The fourth-order valence-electron chi connectivity index (χ4n) is 2.49. The van der Waals surface area contributed by atoms with Crippen LogP contribution in [0.25, 0.3) is 0 Å². The fraction of sp³-hybridized carbons (Fsp3) is 0.235. The minimum absolute atomic E-state index is 0.188. The Morgan fingerprint density at radius 3 is 2.54 bits per heavy atom. The molecule has 1 N–H and O–H groups in total. The number of carbonyl (C=O) groups excluding carboxylic acids is 1. The number of rotatable bonds is 5. The van der Waals surface area contributed by atoms with Crippen LogP contribution in [0.2, 0.25) is 0 Å². The van der Waals surface area contributed by atoms with Crippen molar-refractivity contribution >= 4 is 27.3 Å². The van der Waals surface area contributed by atoms with Crippen molar-refractivity contribution in [3.8, 4) is 11.5 Å². The zero-order valence-electron chi connectivity index (χ0n) is 13.9. The number of carbonyl (C=O) groups is 1. The number of hydrogen-bond donors (Lipinski definition) is 1. The van der Waals surface area contributed by atoms with Gasteiger partial charge in [0, 0.05) is 11.8 Å². The molecule has 2 aromatic rings. The van der Waals surface area contributed by atoms with E-state index < -0.39 is 28.3 Å². The van der Waals surface area contributed by atoms with E-state index in [1.165, 1.54) is 18.2 Å². The molecule has 0 atom stereocenters. The lowest BCUT2D eigenvalue weighted by atomic mass is 10.2. The maximum absolute atomic E-state index is 14.0. The lowest BCUT2D eigenvalue weighted by molar-refractivity contribution is -0.114. The number of amides is 1. The summed E-state index contributed by atoms with van der Waals surface area (Å²) in [4.78, 5) is 12.3. The van der Waals surface area contributed by atoms with Gasteiger partial charge in [-0.2, -0.15) is 0 Å². The number of nitrogens with one attached hydrogen (secondary N) is 1. The molecule has 0 radical (unpaired) electrons. The second kappa shape index (κ2) is 7.20. The topological polar surface area (TPSA) is 84.9 Å². The Morgan fingerprint density at radius 2 is 1.85 bits per heavy atom. The Balaban J connectivity index is 1.78. The van der Waals surface area contributed by atoms with Gasteiger partial charge in [0.05, 0.1) is 11.9 Å². The van der Waals surface area contributed by atoms with Gasteiger partial charge in [-0.1, -0.05) is 12.1 Å². The molecule has 1 heterocycles. The fourth-order valence-corrected chi connectivity index (χ4v) is 3.34. The van der Waals surface area contributed by atoms with Gasteiger partial charge in [0.2, 0.25) is 15.9 Å². The Hall–Kier alpha value is -2.81. The second-order valence-electron chi connectivity index (χ2n) is 5.63. The Morgan fingerprint density at radius 1 is 1.15 bits per heavy atom. The zero-order valence-corrected chi connectivity index (χ0v) is 14.8. The van der Waals surface area contributed by atoms with Crippen molar-refractivity contribution in [2.75, 3.05) is 35.6 Å². The number of anilines is 2. The van der Waals surface area contributed by atoms with Crippen molar-refractivity contribution in [2.24, 2.45) is 0 Å². The zero-order chi connectivity index (χ0) is 18.7. The Bertz CT molecular complexity index is 933. The van der Waals surface area contributed by atoms with Crippen LogP contribution < -0.4 is 19.1 Å². The van der Waals surface area contributed by atoms with Crippen LogP contribution in [0.4, 0.5) is 15.8 Å². The summed E-state index contributed by atoms with van der Waals surface area (Å²) in [6, 6.07) is 10.2. The van der Waals surface area contributed by atoms with Crippen LogP contribution in [0.1, 0.15) is 0 Å². The summed E-state index contributed by atoms with van der Waals surface area (Å²) in [7, 11) is -3.85. The van der Waals surface area contributed by atoms with Crippen molar-refractivity contribution in [1.82, 2.24) is 0 Å². The molecule has 0 saturated carbocycles. The van der Waals surface area contributed by atoms with E-state index in [0.717, 1.165) is 16.6 Å². The lowest BCUT2D eigenvalue weighted by Gasteiger charge is -2.22. The van der Waals surface area contributed by atoms with E-state index in [1.54, 1.807) is 18.2 Å². The minimum atomic E-state index is -3.85. The average Bonchev–Trinajstić information content (AvgIpc) is 2.59. The third kappa shape index (κ3) is 4.05. The largest absolute Gasteiger partial charge is 0.486 e. The lowest BCUT2D eigenvalue weighted by Crippen LogP contribution is -2.38. The number of nitrogens with zero attached hydrogens (tertiary/aromatic N) is 1. The second-order valence-corrected chi connectivity index (χ2v) is 7.53. The maximum atomic E-state index is 14.0. The number of hydrogen-bond acceptors (Lipinski definition) is 5. The molecule has 0 bridgehead atoms. The molecule has 0 fully saturated rings. The minimum Gasteiger partial charge on any atom is -0.486 e. The monoisotopic (exact) mass is 380 g/mol. The van der Waals surface area contributed by atoms with Crippen molar-refractivity contribution in [3.63, 3.8) is 0 Å². The molecular weight excluding hydrogens is 363 g/mol. The van der Waals surface area contributed by atoms with E-state index in [9.17, 15) is 17.6 Å². The summed E-state index contributed by atoms with van der Waals surface area (Å²) in [5.74, 6) is -0.290. The van der Waals surface area contributed by atoms with Crippen molar-refractivity contribution < 1.29 is 27.1 Å². The van der Waals surface area contributed by atoms with Gasteiger partial charge < -0.3 is 14.8 Å². The molecular formula is C17H17FN2O5S. The van der Waals surface area contributed by atoms with E-state index in [4.69, 9.17) is 9.47 Å². The molecule has 3 rings (SSSR count). The number of fused-ring (bicyclic) bond motifs is 1. The maximum Gasteiger partial charge on any atom is 0.245 e. The van der Waals surface area contributed by atoms with Crippen LogP contribution >= 0.6 is 0 Å². The molecule has 0 aliphatic carbocycles. The standard InChI is InChI=1S/C17H17FN2O5S/c1-26(22,23)20(14-5-3-2-4-13(14)18)11-17(21)19-12-6-7-15-16(10-12)25-9-8-24-15/h2-7,10H,8-9,11H2,1H3,(H,19,21). The van der Waals surface area contributed by atoms with Gasteiger partial charge in [-0.15, -0.1) is 0 Å². The van der Waals surface area contributed by atoms with Crippen molar-refractivity contribution in [3.05, 3.63) is 48.3 Å². The number of benzene rings is 2. The van der Waals surface area contributed by atoms with Gasteiger partial charge in [0.1, 0.15) is 25.6 Å². The molecule has 1 aliphatic rings. The van der Waals surface area contributed by atoms with E-state index in [-0.39, 0.29) is 5.69 Å². The molecule has 0 aromatic heterocycles.